The lowest BCUT2D eigenvalue weighted by Crippen LogP contribution is -2.40. The van der Waals surface area contributed by atoms with Crippen LogP contribution >= 0.6 is 11.6 Å². The molecule has 7 heteroatoms. The van der Waals surface area contributed by atoms with Gasteiger partial charge in [0.1, 0.15) is 11.6 Å². The first-order valence-corrected chi connectivity index (χ1v) is 6.98. The Balaban J connectivity index is 2.17. The number of aryl methyl sites for hydroxylation is 2. The number of aromatic nitrogens is 2. The highest BCUT2D eigenvalue weighted by molar-refractivity contribution is 6.17. The minimum Gasteiger partial charge on any atom is -0.862 e. The number of benzene rings is 1. The van der Waals surface area contributed by atoms with Crippen LogP contribution in [0, 0.1) is 0 Å². The van der Waals surface area contributed by atoms with E-state index >= 15 is 0 Å². The van der Waals surface area contributed by atoms with Crippen LogP contribution in [0.15, 0.2) is 33.8 Å². The summed E-state index contributed by atoms with van der Waals surface area (Å²) in [5.74, 6) is 0.802. The van der Waals surface area contributed by atoms with Crippen molar-refractivity contribution >= 4 is 23.4 Å². The van der Waals surface area contributed by atoms with Gasteiger partial charge in [0, 0.05) is 12.0 Å². The fourth-order valence-electron chi connectivity index (χ4n) is 1.97. The van der Waals surface area contributed by atoms with Crippen molar-refractivity contribution in [2.24, 2.45) is 4.99 Å². The molecular formula is C14H16ClN3O3. The number of aliphatic imine (C=N–C) groups is 1. The van der Waals surface area contributed by atoms with Gasteiger partial charge in [-0.05, 0) is 23.6 Å². The minimum atomic E-state index is -0.352. The fourth-order valence-corrected chi connectivity index (χ4v) is 2.22. The van der Waals surface area contributed by atoms with Crippen LogP contribution in [0.4, 0.5) is 5.88 Å². The summed E-state index contributed by atoms with van der Waals surface area (Å²) in [4.78, 5) is 3.74. The second-order valence-electron chi connectivity index (χ2n) is 4.37. The molecule has 2 aromatic rings. The zero-order chi connectivity index (χ0) is 15.2. The van der Waals surface area contributed by atoms with Gasteiger partial charge in [-0.25, -0.2) is 4.99 Å². The summed E-state index contributed by atoms with van der Waals surface area (Å²) in [7, 11) is 1.64. The molecule has 1 aromatic carbocycles. The Kier molecular flexibility index (Phi) is 5.16. The van der Waals surface area contributed by atoms with Crippen molar-refractivity contribution in [1.82, 2.24) is 5.27 Å². The van der Waals surface area contributed by atoms with Crippen LogP contribution in [-0.4, -0.2) is 18.3 Å². The van der Waals surface area contributed by atoms with Gasteiger partial charge >= 0.3 is 5.88 Å². The Labute approximate surface area is 127 Å². The van der Waals surface area contributed by atoms with Gasteiger partial charge in [0.2, 0.25) is 5.27 Å². The predicted octanol–water partition coefficient (Wildman–Crippen LogP) is 1.36. The SMILES string of the molecule is COc1ccccc1CC[n+]1noc(/N=C(/C)[O-])c1CCl. The first kappa shape index (κ1) is 15.3. The van der Waals surface area contributed by atoms with E-state index in [1.54, 1.807) is 11.8 Å². The number of hydrogen-bond donors (Lipinski definition) is 0. The Morgan fingerprint density at radius 1 is 1.48 bits per heavy atom. The smallest absolute Gasteiger partial charge is 0.325 e. The number of rotatable bonds is 6. The quantitative estimate of drug-likeness (QED) is 0.349. The monoisotopic (exact) mass is 309 g/mol. The van der Waals surface area contributed by atoms with Crippen LogP contribution in [0.3, 0.4) is 0 Å². The van der Waals surface area contributed by atoms with Crippen LogP contribution in [0.1, 0.15) is 18.2 Å². The molecule has 2 rings (SSSR count). The topological polar surface area (TPSA) is 74.6 Å². The first-order valence-electron chi connectivity index (χ1n) is 6.44. The van der Waals surface area contributed by atoms with E-state index in [-0.39, 0.29) is 17.7 Å². The second-order valence-corrected chi connectivity index (χ2v) is 4.64. The third-order valence-corrected chi connectivity index (χ3v) is 3.21. The Morgan fingerprint density at radius 2 is 2.24 bits per heavy atom. The third-order valence-electron chi connectivity index (χ3n) is 2.96. The number of methoxy groups -OCH3 is 1. The van der Waals surface area contributed by atoms with Crippen molar-refractivity contribution in [3.05, 3.63) is 35.5 Å². The zero-order valence-electron chi connectivity index (χ0n) is 11.9. The van der Waals surface area contributed by atoms with E-state index in [0.29, 0.717) is 18.7 Å². The highest BCUT2D eigenvalue weighted by Crippen LogP contribution is 2.19. The lowest BCUT2D eigenvalue weighted by molar-refractivity contribution is -0.767. The summed E-state index contributed by atoms with van der Waals surface area (Å²) in [6.07, 6.45) is 0.699. The van der Waals surface area contributed by atoms with Crippen LogP contribution in [-0.2, 0) is 18.8 Å². The van der Waals surface area contributed by atoms with Crippen LogP contribution in [0.25, 0.3) is 0 Å². The molecule has 1 aromatic heterocycles. The average molecular weight is 310 g/mol. The van der Waals surface area contributed by atoms with Crippen LogP contribution in [0.5, 0.6) is 5.75 Å². The van der Waals surface area contributed by atoms with Gasteiger partial charge in [-0.2, -0.15) is 0 Å². The summed E-state index contributed by atoms with van der Waals surface area (Å²) in [6, 6.07) is 7.76. The van der Waals surface area contributed by atoms with Gasteiger partial charge in [-0.1, -0.05) is 18.2 Å². The van der Waals surface area contributed by atoms with Gasteiger partial charge in [0.25, 0.3) is 5.69 Å². The summed E-state index contributed by atoms with van der Waals surface area (Å²) in [5.41, 5.74) is 1.64. The fraction of sp³-hybridized carbons (Fsp3) is 0.357. The van der Waals surface area contributed by atoms with Gasteiger partial charge in [0.15, 0.2) is 6.54 Å². The van der Waals surface area contributed by atoms with Crippen LogP contribution in [0.2, 0.25) is 0 Å². The van der Waals surface area contributed by atoms with E-state index in [2.05, 4.69) is 10.3 Å². The van der Waals surface area contributed by atoms with Gasteiger partial charge in [-0.15, -0.1) is 11.6 Å². The Hall–Kier alpha value is -2.08. The molecule has 6 nitrogen and oxygen atoms in total. The molecular weight excluding hydrogens is 294 g/mol. The van der Waals surface area contributed by atoms with E-state index in [1.165, 1.54) is 6.92 Å². The summed E-state index contributed by atoms with van der Waals surface area (Å²) in [5, 5.41) is 14.9. The number of halogens is 1. The molecule has 0 radical (unpaired) electrons. The molecule has 0 fully saturated rings. The summed E-state index contributed by atoms with van der Waals surface area (Å²) < 4.78 is 12.0. The first-order chi connectivity index (χ1) is 10.2. The van der Waals surface area contributed by atoms with Crippen molar-refractivity contribution in [2.45, 2.75) is 25.8 Å². The maximum atomic E-state index is 11.0. The zero-order valence-corrected chi connectivity index (χ0v) is 12.6. The van der Waals surface area contributed by atoms with Crippen molar-refractivity contribution in [2.75, 3.05) is 7.11 Å². The molecule has 1 heterocycles. The maximum absolute atomic E-state index is 11.0. The normalized spacial score (nSPS) is 11.7. The number of para-hydroxylation sites is 1. The van der Waals surface area contributed by atoms with E-state index in [9.17, 15) is 5.11 Å². The Morgan fingerprint density at radius 3 is 2.90 bits per heavy atom. The molecule has 0 spiro atoms. The van der Waals surface area contributed by atoms with Gasteiger partial charge < -0.3 is 9.84 Å². The predicted molar refractivity (Wildman–Crippen MR) is 75.7 cm³/mol. The molecule has 0 saturated heterocycles. The molecule has 0 aliphatic carbocycles. The minimum absolute atomic E-state index is 0.164. The van der Waals surface area contributed by atoms with Crippen LogP contribution < -0.4 is 14.5 Å². The standard InChI is InChI=1S/C14H16ClN3O3/c1-10(19)16-14-12(9-15)18(17-21-14)8-7-11-5-3-4-6-13(11)20-2/h3-6H,7-9H2,1-2H3. The molecule has 21 heavy (non-hydrogen) atoms. The van der Waals surface area contributed by atoms with Gasteiger partial charge in [-0.3, -0.25) is 4.52 Å². The van der Waals surface area contributed by atoms with E-state index in [0.717, 1.165) is 11.3 Å². The number of nitrogens with zero attached hydrogens (tertiary/aromatic N) is 3. The molecule has 112 valence electrons. The molecule has 0 bridgehead atoms. The van der Waals surface area contributed by atoms with Crippen molar-refractivity contribution in [1.29, 1.82) is 0 Å². The lowest BCUT2D eigenvalue weighted by atomic mass is 10.1. The molecule has 0 saturated carbocycles. The summed E-state index contributed by atoms with van der Waals surface area (Å²) >= 11 is 5.89. The number of alkyl halides is 1. The summed E-state index contributed by atoms with van der Waals surface area (Å²) in [6.45, 7) is 1.90. The Bertz CT molecular complexity index is 636. The second kappa shape index (κ2) is 7.08. The third kappa shape index (κ3) is 3.72. The molecule has 0 aliphatic heterocycles. The molecule has 0 amide bonds. The highest BCUT2D eigenvalue weighted by atomic mass is 35.5. The van der Waals surface area contributed by atoms with Crippen molar-refractivity contribution < 1.29 is 19.0 Å². The van der Waals surface area contributed by atoms with E-state index in [4.69, 9.17) is 20.9 Å². The van der Waals surface area contributed by atoms with Gasteiger partial charge in [0.05, 0.1) is 7.11 Å². The molecule has 0 N–H and O–H groups in total. The van der Waals surface area contributed by atoms with E-state index < -0.39 is 0 Å². The molecule has 0 aliphatic rings. The van der Waals surface area contributed by atoms with Crippen molar-refractivity contribution in [3.63, 3.8) is 0 Å². The van der Waals surface area contributed by atoms with Crippen molar-refractivity contribution in [3.8, 4) is 5.75 Å². The lowest BCUT2D eigenvalue weighted by Gasteiger charge is -2.05. The molecule has 0 unspecified atom stereocenters. The molecule has 0 atom stereocenters. The highest BCUT2D eigenvalue weighted by Gasteiger charge is 2.23. The number of hydrogen-bond acceptors (Lipinski definition) is 5. The number of ether oxygens (including phenoxy) is 1. The van der Waals surface area contributed by atoms with E-state index in [1.807, 2.05) is 24.3 Å². The maximum Gasteiger partial charge on any atom is 0.325 e. The largest absolute Gasteiger partial charge is 0.862 e. The average Bonchev–Trinajstić information content (AvgIpc) is 2.86.